The number of benzene rings is 1. The van der Waals surface area contributed by atoms with Crippen LogP contribution in [0.3, 0.4) is 0 Å². The Kier molecular flexibility index (Phi) is 3.87. The molecule has 1 aromatic carbocycles. The van der Waals surface area contributed by atoms with Crippen LogP contribution in [0.4, 0.5) is 4.39 Å². The third-order valence-electron chi connectivity index (χ3n) is 3.81. The second-order valence-corrected chi connectivity index (χ2v) is 6.39. The zero-order valence-electron chi connectivity index (χ0n) is 12.6. The van der Waals surface area contributed by atoms with Gasteiger partial charge in [0.1, 0.15) is 11.5 Å². The Morgan fingerprint density at radius 2 is 2.12 bits per heavy atom. The van der Waals surface area contributed by atoms with Crippen molar-refractivity contribution < 1.29 is 14.3 Å². The van der Waals surface area contributed by atoms with Gasteiger partial charge in [-0.15, -0.1) is 11.3 Å². The fourth-order valence-corrected chi connectivity index (χ4v) is 3.32. The van der Waals surface area contributed by atoms with E-state index in [2.05, 4.69) is 10.3 Å². The predicted molar refractivity (Wildman–Crippen MR) is 89.9 cm³/mol. The second kappa shape index (κ2) is 6.18. The van der Waals surface area contributed by atoms with Gasteiger partial charge in [-0.1, -0.05) is 11.2 Å². The first-order valence-electron chi connectivity index (χ1n) is 7.48. The number of oxime groups is 1. The van der Waals surface area contributed by atoms with E-state index in [-0.39, 0.29) is 18.5 Å². The molecule has 4 rings (SSSR count). The average Bonchev–Trinajstić information content (AvgIpc) is 3.34. The van der Waals surface area contributed by atoms with Crippen LogP contribution in [-0.4, -0.2) is 33.3 Å². The first-order chi connectivity index (χ1) is 11.7. The van der Waals surface area contributed by atoms with E-state index < -0.39 is 0 Å². The molecule has 0 saturated heterocycles. The molecule has 0 spiro atoms. The molecular formula is C17H14FN3O2S. The minimum atomic E-state index is -0.314. The van der Waals surface area contributed by atoms with Crippen LogP contribution >= 0.6 is 11.3 Å². The Labute approximate surface area is 141 Å². The van der Waals surface area contributed by atoms with Crippen LogP contribution < -0.4 is 0 Å². The van der Waals surface area contributed by atoms with Crippen molar-refractivity contribution in [3.05, 3.63) is 59.4 Å². The van der Waals surface area contributed by atoms with Crippen molar-refractivity contribution in [2.45, 2.75) is 12.5 Å². The quantitative estimate of drug-likeness (QED) is 0.791. The number of hydrogen-bond acceptors (Lipinski definition) is 5. The van der Waals surface area contributed by atoms with Crippen molar-refractivity contribution in [2.75, 3.05) is 6.61 Å². The molecule has 1 aliphatic heterocycles. The Hall–Kier alpha value is -2.51. The molecule has 1 atom stereocenters. The van der Waals surface area contributed by atoms with E-state index in [4.69, 9.17) is 4.84 Å². The molecule has 0 saturated carbocycles. The van der Waals surface area contributed by atoms with Gasteiger partial charge in [0.25, 0.3) is 0 Å². The number of hydrogen-bond donors (Lipinski definition) is 1. The highest BCUT2D eigenvalue weighted by molar-refractivity contribution is 7.13. The Morgan fingerprint density at radius 1 is 1.29 bits per heavy atom. The minimum Gasteiger partial charge on any atom is -0.392 e. The summed E-state index contributed by atoms with van der Waals surface area (Å²) in [5.41, 5.74) is 3.18. The molecule has 0 radical (unpaired) electrons. The standard InChI is InChI=1S/C17H14FN3O2S/c18-11-3-5-12(6-4-11)21-9-14(15-8-13(10-22)23-20-15)17(19-21)16-2-1-7-24-16/h1-7,9,13,22H,8,10H2. The Bertz CT molecular complexity index is 872. The molecule has 0 aliphatic carbocycles. The van der Waals surface area contributed by atoms with Crippen molar-refractivity contribution in [1.29, 1.82) is 0 Å². The van der Waals surface area contributed by atoms with Crippen LogP contribution in [0.25, 0.3) is 16.3 Å². The molecule has 1 N–H and O–H groups in total. The lowest BCUT2D eigenvalue weighted by Crippen LogP contribution is -2.12. The van der Waals surface area contributed by atoms with Gasteiger partial charge in [0, 0.05) is 18.2 Å². The van der Waals surface area contributed by atoms with Crippen LogP contribution in [0.1, 0.15) is 12.0 Å². The van der Waals surface area contributed by atoms with E-state index in [1.54, 1.807) is 28.2 Å². The van der Waals surface area contributed by atoms with Crippen LogP contribution in [0, 0.1) is 5.82 Å². The van der Waals surface area contributed by atoms with Crippen LogP contribution in [-0.2, 0) is 4.84 Å². The van der Waals surface area contributed by atoms with Gasteiger partial charge in [0.15, 0.2) is 6.10 Å². The SMILES string of the molecule is OCC1CC(c2cn(-c3ccc(F)cc3)nc2-c2cccs2)=NO1. The lowest BCUT2D eigenvalue weighted by Gasteiger charge is -2.01. The summed E-state index contributed by atoms with van der Waals surface area (Å²) >= 11 is 1.59. The van der Waals surface area contributed by atoms with Gasteiger partial charge in [-0.2, -0.15) is 5.10 Å². The van der Waals surface area contributed by atoms with Crippen LogP contribution in [0.15, 0.2) is 53.1 Å². The summed E-state index contributed by atoms with van der Waals surface area (Å²) in [5.74, 6) is -0.288. The number of halogens is 1. The molecule has 5 nitrogen and oxygen atoms in total. The minimum absolute atomic E-state index is 0.0760. The summed E-state index contributed by atoms with van der Waals surface area (Å²) in [4.78, 5) is 6.24. The first kappa shape index (κ1) is 15.0. The van der Waals surface area contributed by atoms with Gasteiger partial charge in [0.05, 0.1) is 22.9 Å². The maximum atomic E-state index is 13.2. The van der Waals surface area contributed by atoms with E-state index in [1.165, 1.54) is 12.1 Å². The van der Waals surface area contributed by atoms with Gasteiger partial charge in [-0.05, 0) is 35.7 Å². The highest BCUT2D eigenvalue weighted by Crippen LogP contribution is 2.30. The molecule has 1 unspecified atom stereocenters. The zero-order valence-corrected chi connectivity index (χ0v) is 13.4. The first-order valence-corrected chi connectivity index (χ1v) is 8.36. The molecule has 122 valence electrons. The number of rotatable bonds is 4. The Morgan fingerprint density at radius 3 is 2.79 bits per heavy atom. The summed E-state index contributed by atoms with van der Waals surface area (Å²) in [6, 6.07) is 10.1. The van der Waals surface area contributed by atoms with Crippen molar-refractivity contribution in [3.63, 3.8) is 0 Å². The Balaban J connectivity index is 1.78. The molecule has 0 fully saturated rings. The van der Waals surface area contributed by atoms with Crippen molar-refractivity contribution in [1.82, 2.24) is 9.78 Å². The number of thiophene rings is 1. The molecule has 24 heavy (non-hydrogen) atoms. The third kappa shape index (κ3) is 2.72. The molecule has 7 heteroatoms. The lowest BCUT2D eigenvalue weighted by atomic mass is 10.1. The maximum absolute atomic E-state index is 13.2. The fourth-order valence-electron chi connectivity index (χ4n) is 2.59. The highest BCUT2D eigenvalue weighted by Gasteiger charge is 2.26. The van der Waals surface area contributed by atoms with Crippen molar-refractivity contribution >= 4 is 17.0 Å². The number of aliphatic hydroxyl groups is 1. The lowest BCUT2D eigenvalue weighted by molar-refractivity contribution is 0.0390. The third-order valence-corrected chi connectivity index (χ3v) is 4.68. The number of nitrogens with zero attached hydrogens (tertiary/aromatic N) is 3. The van der Waals surface area contributed by atoms with Crippen molar-refractivity contribution in [2.24, 2.45) is 5.16 Å². The number of aromatic nitrogens is 2. The van der Waals surface area contributed by atoms with E-state index >= 15 is 0 Å². The maximum Gasteiger partial charge on any atom is 0.156 e. The topological polar surface area (TPSA) is 59.6 Å². The summed E-state index contributed by atoms with van der Waals surface area (Å²) in [6.07, 6.45) is 2.08. The van der Waals surface area contributed by atoms with Crippen molar-refractivity contribution in [3.8, 4) is 16.3 Å². The number of aliphatic hydroxyl groups excluding tert-OH is 1. The summed E-state index contributed by atoms with van der Waals surface area (Å²) in [7, 11) is 0. The van der Waals surface area contributed by atoms with Crippen LogP contribution in [0.2, 0.25) is 0 Å². The highest BCUT2D eigenvalue weighted by atomic mass is 32.1. The van der Waals surface area contributed by atoms with Gasteiger partial charge < -0.3 is 9.94 Å². The molecular weight excluding hydrogens is 329 g/mol. The predicted octanol–water partition coefficient (Wildman–Crippen LogP) is 3.23. The van der Waals surface area contributed by atoms with Crippen LogP contribution in [0.5, 0.6) is 0 Å². The van der Waals surface area contributed by atoms with E-state index in [1.807, 2.05) is 23.7 Å². The summed E-state index contributed by atoms with van der Waals surface area (Å²) in [6.45, 7) is -0.0760. The van der Waals surface area contributed by atoms with E-state index in [0.717, 1.165) is 27.5 Å². The van der Waals surface area contributed by atoms with Gasteiger partial charge >= 0.3 is 0 Å². The second-order valence-electron chi connectivity index (χ2n) is 5.44. The van der Waals surface area contributed by atoms with Gasteiger partial charge in [0.2, 0.25) is 0 Å². The van der Waals surface area contributed by atoms with Gasteiger partial charge in [-0.25, -0.2) is 9.07 Å². The largest absolute Gasteiger partial charge is 0.392 e. The molecule has 1 aliphatic rings. The van der Waals surface area contributed by atoms with E-state index in [0.29, 0.717) is 6.42 Å². The average molecular weight is 343 g/mol. The monoisotopic (exact) mass is 343 g/mol. The molecule has 0 amide bonds. The smallest absolute Gasteiger partial charge is 0.156 e. The van der Waals surface area contributed by atoms with E-state index in [9.17, 15) is 9.50 Å². The molecule has 3 aromatic rings. The molecule has 3 heterocycles. The molecule has 0 bridgehead atoms. The summed E-state index contributed by atoms with van der Waals surface area (Å²) < 4.78 is 14.9. The fraction of sp³-hybridized carbons (Fsp3) is 0.176. The molecule has 2 aromatic heterocycles. The summed E-state index contributed by atoms with van der Waals surface area (Å²) in [5, 5.41) is 20.0. The normalized spacial score (nSPS) is 16.9. The van der Waals surface area contributed by atoms with Gasteiger partial charge in [-0.3, -0.25) is 0 Å². The zero-order chi connectivity index (χ0) is 16.5.